The van der Waals surface area contributed by atoms with Gasteiger partial charge < -0.3 is 5.32 Å². The van der Waals surface area contributed by atoms with Crippen LogP contribution in [0.25, 0.3) is 0 Å². The summed E-state index contributed by atoms with van der Waals surface area (Å²) >= 11 is 0. The number of nitrogens with one attached hydrogen (secondary N) is 1. The molecule has 0 radical (unpaired) electrons. The Balaban J connectivity index is 1.37. The topological polar surface area (TPSA) is 12.0 Å². The Morgan fingerprint density at radius 2 is 1.71 bits per heavy atom. The van der Waals surface area contributed by atoms with Crippen LogP contribution < -0.4 is 5.32 Å². The van der Waals surface area contributed by atoms with Crippen molar-refractivity contribution < 1.29 is 0 Å². The van der Waals surface area contributed by atoms with E-state index in [0.29, 0.717) is 5.41 Å². The predicted molar refractivity (Wildman–Crippen MR) is 70.8 cm³/mol. The van der Waals surface area contributed by atoms with E-state index in [1.54, 1.807) is 19.3 Å². The summed E-state index contributed by atoms with van der Waals surface area (Å²) in [6, 6.07) is 1.79. The van der Waals surface area contributed by atoms with Gasteiger partial charge in [-0.2, -0.15) is 0 Å². The van der Waals surface area contributed by atoms with Crippen LogP contribution in [0.4, 0.5) is 0 Å². The van der Waals surface area contributed by atoms with E-state index in [4.69, 9.17) is 0 Å². The fourth-order valence-corrected chi connectivity index (χ4v) is 5.66. The van der Waals surface area contributed by atoms with Crippen molar-refractivity contribution in [3.05, 3.63) is 0 Å². The van der Waals surface area contributed by atoms with Crippen LogP contribution in [-0.4, -0.2) is 12.1 Å². The number of hydrogen-bond donors (Lipinski definition) is 1. The van der Waals surface area contributed by atoms with Crippen molar-refractivity contribution in [2.24, 2.45) is 29.1 Å². The Kier molecular flexibility index (Phi) is 2.23. The number of hydrogen-bond acceptors (Lipinski definition) is 1. The molecule has 17 heavy (non-hydrogen) atoms. The maximum absolute atomic E-state index is 4.05. The quantitative estimate of drug-likeness (QED) is 0.768. The monoisotopic (exact) mass is 233 g/mol. The molecule has 0 saturated heterocycles. The highest BCUT2D eigenvalue weighted by molar-refractivity contribution is 5.17. The van der Waals surface area contributed by atoms with Crippen molar-refractivity contribution in [2.75, 3.05) is 0 Å². The third kappa shape index (κ3) is 1.69. The first-order chi connectivity index (χ1) is 8.14. The first-order valence-electron chi connectivity index (χ1n) is 7.90. The van der Waals surface area contributed by atoms with E-state index in [1.807, 2.05) is 0 Å². The van der Waals surface area contributed by atoms with Crippen molar-refractivity contribution in [3.8, 4) is 0 Å². The molecule has 0 amide bonds. The van der Waals surface area contributed by atoms with Gasteiger partial charge in [0.2, 0.25) is 0 Å². The molecule has 1 heteroatoms. The van der Waals surface area contributed by atoms with Crippen LogP contribution in [0.3, 0.4) is 0 Å². The van der Waals surface area contributed by atoms with E-state index in [9.17, 15) is 0 Å². The lowest BCUT2D eigenvalue weighted by molar-refractivity contribution is 0.192. The van der Waals surface area contributed by atoms with Gasteiger partial charge in [-0.05, 0) is 67.6 Å². The Morgan fingerprint density at radius 1 is 1.00 bits per heavy atom. The van der Waals surface area contributed by atoms with Gasteiger partial charge in [-0.15, -0.1) is 0 Å². The van der Waals surface area contributed by atoms with Gasteiger partial charge in [0.25, 0.3) is 0 Å². The standard InChI is InChI=1S/C16H27N/c1-16(2)7-3-4-12(9-16)17-15-13-10-5-6-11(8-10)14(13)15/h10-15,17H,3-9H2,1-2H3. The molecule has 0 aliphatic heterocycles. The molecular formula is C16H27N. The molecule has 4 aliphatic carbocycles. The molecule has 4 fully saturated rings. The van der Waals surface area contributed by atoms with Crippen molar-refractivity contribution in [3.63, 3.8) is 0 Å². The average Bonchev–Trinajstić information content (AvgIpc) is 2.69. The summed E-state index contributed by atoms with van der Waals surface area (Å²) < 4.78 is 0. The van der Waals surface area contributed by atoms with Crippen LogP contribution >= 0.6 is 0 Å². The molecular weight excluding hydrogens is 206 g/mol. The smallest absolute Gasteiger partial charge is 0.0138 e. The molecule has 1 nitrogen and oxygen atoms in total. The molecule has 2 bridgehead atoms. The fourth-order valence-electron chi connectivity index (χ4n) is 5.66. The molecule has 0 aromatic heterocycles. The largest absolute Gasteiger partial charge is 0.311 e. The highest BCUT2D eigenvalue weighted by Gasteiger charge is 2.65. The molecule has 4 aliphatic rings. The van der Waals surface area contributed by atoms with Crippen LogP contribution in [0.1, 0.15) is 58.8 Å². The van der Waals surface area contributed by atoms with E-state index in [2.05, 4.69) is 19.2 Å². The molecule has 0 aromatic carbocycles. The molecule has 5 atom stereocenters. The van der Waals surface area contributed by atoms with Gasteiger partial charge in [0, 0.05) is 12.1 Å². The van der Waals surface area contributed by atoms with Crippen molar-refractivity contribution in [1.82, 2.24) is 5.32 Å². The minimum atomic E-state index is 0.596. The van der Waals surface area contributed by atoms with Crippen LogP contribution in [-0.2, 0) is 0 Å². The molecule has 4 rings (SSSR count). The molecule has 0 heterocycles. The van der Waals surface area contributed by atoms with Gasteiger partial charge in [0.1, 0.15) is 0 Å². The molecule has 96 valence electrons. The van der Waals surface area contributed by atoms with Crippen molar-refractivity contribution >= 4 is 0 Å². The lowest BCUT2D eigenvalue weighted by Crippen LogP contribution is -2.40. The van der Waals surface area contributed by atoms with Crippen molar-refractivity contribution in [1.29, 1.82) is 0 Å². The van der Waals surface area contributed by atoms with Gasteiger partial charge in [0.15, 0.2) is 0 Å². The van der Waals surface area contributed by atoms with E-state index >= 15 is 0 Å². The summed E-state index contributed by atoms with van der Waals surface area (Å²) in [4.78, 5) is 0. The summed E-state index contributed by atoms with van der Waals surface area (Å²) in [6.07, 6.45) is 10.4. The lowest BCUT2D eigenvalue weighted by atomic mass is 9.75. The van der Waals surface area contributed by atoms with E-state index in [-0.39, 0.29) is 0 Å². The Morgan fingerprint density at radius 3 is 2.35 bits per heavy atom. The van der Waals surface area contributed by atoms with Gasteiger partial charge >= 0.3 is 0 Å². The van der Waals surface area contributed by atoms with Crippen LogP contribution in [0.2, 0.25) is 0 Å². The third-order valence-electron chi connectivity index (χ3n) is 6.37. The van der Waals surface area contributed by atoms with Gasteiger partial charge in [-0.3, -0.25) is 0 Å². The lowest BCUT2D eigenvalue weighted by Gasteiger charge is -2.36. The SMILES string of the molecule is CC1(C)CCCC(NC2C3C4CCC(C4)C23)C1. The average molecular weight is 233 g/mol. The Hall–Kier alpha value is -0.0400. The zero-order valence-electron chi connectivity index (χ0n) is 11.4. The van der Waals surface area contributed by atoms with E-state index < -0.39 is 0 Å². The minimum absolute atomic E-state index is 0.596. The van der Waals surface area contributed by atoms with Gasteiger partial charge in [-0.25, -0.2) is 0 Å². The highest BCUT2D eigenvalue weighted by atomic mass is 15.0. The first-order valence-corrected chi connectivity index (χ1v) is 7.90. The first kappa shape index (κ1) is 10.8. The normalized spacial score (nSPS) is 54.7. The molecule has 1 N–H and O–H groups in total. The Bertz CT molecular complexity index is 305. The fraction of sp³-hybridized carbons (Fsp3) is 1.00. The summed E-state index contributed by atoms with van der Waals surface area (Å²) in [5.74, 6) is 4.47. The maximum Gasteiger partial charge on any atom is 0.0138 e. The molecule has 0 spiro atoms. The molecule has 4 saturated carbocycles. The number of fused-ring (bicyclic) bond motifs is 5. The Labute approximate surface area is 106 Å². The van der Waals surface area contributed by atoms with Gasteiger partial charge in [-0.1, -0.05) is 20.3 Å². The molecule has 0 aromatic rings. The minimum Gasteiger partial charge on any atom is -0.311 e. The summed E-state index contributed by atoms with van der Waals surface area (Å²) in [5.41, 5.74) is 0.596. The van der Waals surface area contributed by atoms with E-state index in [0.717, 1.165) is 35.8 Å². The van der Waals surface area contributed by atoms with Crippen molar-refractivity contribution in [2.45, 2.75) is 70.9 Å². The summed E-state index contributed by atoms with van der Waals surface area (Å²) in [7, 11) is 0. The van der Waals surface area contributed by atoms with Gasteiger partial charge in [0.05, 0.1) is 0 Å². The second kappa shape index (κ2) is 3.50. The van der Waals surface area contributed by atoms with Crippen LogP contribution in [0.15, 0.2) is 0 Å². The highest BCUT2D eigenvalue weighted by Crippen LogP contribution is 2.65. The second-order valence-corrected chi connectivity index (χ2v) is 8.14. The predicted octanol–water partition coefficient (Wildman–Crippen LogP) is 3.59. The zero-order valence-corrected chi connectivity index (χ0v) is 11.4. The zero-order chi connectivity index (χ0) is 11.6. The summed E-state index contributed by atoms with van der Waals surface area (Å²) in [5, 5.41) is 4.05. The summed E-state index contributed by atoms with van der Waals surface area (Å²) in [6.45, 7) is 4.91. The molecule has 5 unspecified atom stereocenters. The van der Waals surface area contributed by atoms with E-state index in [1.165, 1.54) is 25.7 Å². The third-order valence-corrected chi connectivity index (χ3v) is 6.37. The van der Waals surface area contributed by atoms with Crippen LogP contribution in [0.5, 0.6) is 0 Å². The van der Waals surface area contributed by atoms with Crippen LogP contribution in [0, 0.1) is 29.1 Å². The second-order valence-electron chi connectivity index (χ2n) is 8.14. The maximum atomic E-state index is 4.05. The number of rotatable bonds is 2.